The number of nitrogens with zero attached hydrogens (tertiary/aromatic N) is 3. The van der Waals surface area contributed by atoms with Crippen LogP contribution in [0.2, 0.25) is 0 Å². The van der Waals surface area contributed by atoms with Gasteiger partial charge in [0.1, 0.15) is 0 Å². The van der Waals surface area contributed by atoms with E-state index in [2.05, 4.69) is 21.4 Å². The Labute approximate surface area is 209 Å². The number of carbonyl (C=O) groups is 2. The summed E-state index contributed by atoms with van der Waals surface area (Å²) in [6.45, 7) is 3.18. The van der Waals surface area contributed by atoms with Gasteiger partial charge in [-0.3, -0.25) is 9.59 Å². The molecule has 176 valence electrons. The van der Waals surface area contributed by atoms with Crippen LogP contribution in [0.3, 0.4) is 0 Å². The molecule has 2 aromatic heterocycles. The summed E-state index contributed by atoms with van der Waals surface area (Å²) in [5.41, 5.74) is 4.01. The number of rotatable bonds is 9. The van der Waals surface area contributed by atoms with Crippen LogP contribution >= 0.6 is 34.4 Å². The highest BCUT2D eigenvalue weighted by atomic mass is 32.2. The third-order valence-electron chi connectivity index (χ3n) is 4.86. The number of aromatic nitrogens is 2. The van der Waals surface area contributed by atoms with Crippen LogP contribution in [0.4, 0.5) is 5.13 Å². The molecule has 0 bridgehead atoms. The molecule has 0 atom stereocenters. The Hall–Kier alpha value is -2.79. The minimum absolute atomic E-state index is 0.123. The Morgan fingerprint density at radius 3 is 2.79 bits per heavy atom. The highest BCUT2D eigenvalue weighted by molar-refractivity contribution is 8.00. The highest BCUT2D eigenvalue weighted by Crippen LogP contribution is 2.24. The lowest BCUT2D eigenvalue weighted by Gasteiger charge is -2.04. The Morgan fingerprint density at radius 2 is 2.00 bits per heavy atom. The van der Waals surface area contributed by atoms with Crippen LogP contribution in [-0.4, -0.2) is 46.6 Å². The number of thioether (sulfide) groups is 1. The van der Waals surface area contributed by atoms with Gasteiger partial charge in [0.15, 0.2) is 9.93 Å². The second kappa shape index (κ2) is 11.6. The van der Waals surface area contributed by atoms with Crippen LogP contribution in [0.1, 0.15) is 5.56 Å². The summed E-state index contributed by atoms with van der Waals surface area (Å²) in [4.78, 5) is 34.2. The van der Waals surface area contributed by atoms with Crippen molar-refractivity contribution in [1.29, 1.82) is 0 Å². The Bertz CT molecular complexity index is 1360. The summed E-state index contributed by atoms with van der Waals surface area (Å²) in [5.74, 6) is -0.193. The maximum atomic E-state index is 12.5. The summed E-state index contributed by atoms with van der Waals surface area (Å²) in [6, 6.07) is 16.0. The fraction of sp³-hybridized carbons (Fsp3) is 0.250. The molecule has 4 aromatic rings. The van der Waals surface area contributed by atoms with Crippen LogP contribution in [0.15, 0.2) is 58.9 Å². The van der Waals surface area contributed by atoms with Crippen molar-refractivity contribution in [2.24, 2.45) is 4.99 Å². The van der Waals surface area contributed by atoms with Crippen molar-refractivity contribution in [3.8, 4) is 11.3 Å². The average Bonchev–Trinajstić information content (AvgIpc) is 3.42. The number of methoxy groups -OCH3 is 1. The van der Waals surface area contributed by atoms with E-state index in [-0.39, 0.29) is 23.3 Å². The molecule has 2 aromatic carbocycles. The van der Waals surface area contributed by atoms with Crippen molar-refractivity contribution in [1.82, 2.24) is 9.55 Å². The number of hydrogen-bond acceptors (Lipinski definition) is 7. The predicted octanol–water partition coefficient (Wildman–Crippen LogP) is 4.58. The SMILES string of the molecule is COCCn1c(=NC(=O)CSCC(=O)Nc2nc(-c3ccccc3)cs2)sc2cc(C)ccc21. The molecular formula is C24H24N4O3S3. The second-order valence-electron chi connectivity index (χ2n) is 7.45. The normalized spacial score (nSPS) is 11.8. The highest BCUT2D eigenvalue weighted by Gasteiger charge is 2.11. The van der Waals surface area contributed by atoms with E-state index in [1.165, 1.54) is 34.4 Å². The summed E-state index contributed by atoms with van der Waals surface area (Å²) in [6.07, 6.45) is 0. The van der Waals surface area contributed by atoms with Gasteiger partial charge in [0.05, 0.1) is 34.0 Å². The topological polar surface area (TPSA) is 85.6 Å². The number of fused-ring (bicyclic) bond motifs is 1. The van der Waals surface area contributed by atoms with Gasteiger partial charge in [-0.2, -0.15) is 4.99 Å². The van der Waals surface area contributed by atoms with Crippen LogP contribution in [0, 0.1) is 6.92 Å². The predicted molar refractivity (Wildman–Crippen MR) is 141 cm³/mol. The van der Waals surface area contributed by atoms with Gasteiger partial charge < -0.3 is 14.6 Å². The molecule has 7 nitrogen and oxygen atoms in total. The van der Waals surface area contributed by atoms with E-state index in [1.54, 1.807) is 7.11 Å². The van der Waals surface area contributed by atoms with Gasteiger partial charge in [0.25, 0.3) is 5.91 Å². The Balaban J connectivity index is 1.35. The number of carbonyl (C=O) groups excluding carboxylic acids is 2. The number of aryl methyl sites for hydroxylation is 1. The smallest absolute Gasteiger partial charge is 0.258 e. The molecule has 0 aliphatic carbocycles. The third-order valence-corrected chi connectivity index (χ3v) is 7.57. The van der Waals surface area contributed by atoms with Crippen LogP contribution in [0.5, 0.6) is 0 Å². The first-order valence-electron chi connectivity index (χ1n) is 10.6. The summed E-state index contributed by atoms with van der Waals surface area (Å²) in [7, 11) is 1.65. The van der Waals surface area contributed by atoms with E-state index in [0.29, 0.717) is 23.1 Å². The average molecular weight is 513 g/mol. The number of thiazole rings is 2. The maximum absolute atomic E-state index is 12.5. The standard InChI is InChI=1S/C24H24N4O3S3/c1-16-8-9-19-20(12-16)34-24(28(19)10-11-31-2)27-22(30)15-32-14-21(29)26-23-25-18(13-33-23)17-6-4-3-5-7-17/h3-9,12-13H,10-11,14-15H2,1-2H3,(H,25,26,29). The van der Waals surface area contributed by atoms with Gasteiger partial charge in [-0.05, 0) is 24.6 Å². The van der Waals surface area contributed by atoms with Crippen molar-refractivity contribution in [2.45, 2.75) is 13.5 Å². The minimum atomic E-state index is -0.271. The summed E-state index contributed by atoms with van der Waals surface area (Å²) in [5, 5.41) is 5.25. The molecule has 0 saturated carbocycles. The maximum Gasteiger partial charge on any atom is 0.258 e. The molecule has 10 heteroatoms. The van der Waals surface area contributed by atoms with Crippen molar-refractivity contribution in [2.75, 3.05) is 30.5 Å². The molecule has 0 aliphatic rings. The summed E-state index contributed by atoms with van der Waals surface area (Å²) < 4.78 is 8.30. The van der Waals surface area contributed by atoms with Gasteiger partial charge in [-0.1, -0.05) is 47.7 Å². The lowest BCUT2D eigenvalue weighted by Crippen LogP contribution is -2.20. The number of amides is 2. The van der Waals surface area contributed by atoms with Crippen LogP contribution < -0.4 is 10.1 Å². The number of ether oxygens (including phenoxy) is 1. The lowest BCUT2D eigenvalue weighted by molar-refractivity contribution is -0.115. The van der Waals surface area contributed by atoms with Gasteiger partial charge in [0, 0.05) is 24.6 Å². The van der Waals surface area contributed by atoms with Crippen molar-refractivity contribution < 1.29 is 14.3 Å². The van der Waals surface area contributed by atoms with Crippen LogP contribution in [-0.2, 0) is 20.9 Å². The van der Waals surface area contributed by atoms with Gasteiger partial charge in [0.2, 0.25) is 5.91 Å². The molecule has 0 spiro atoms. The van der Waals surface area contributed by atoms with Gasteiger partial charge >= 0.3 is 0 Å². The lowest BCUT2D eigenvalue weighted by atomic mass is 10.2. The minimum Gasteiger partial charge on any atom is -0.383 e. The van der Waals surface area contributed by atoms with E-state index in [1.807, 2.05) is 59.3 Å². The monoisotopic (exact) mass is 512 g/mol. The molecule has 1 N–H and O–H groups in total. The van der Waals surface area contributed by atoms with Crippen molar-refractivity contribution >= 4 is 61.6 Å². The largest absolute Gasteiger partial charge is 0.383 e. The molecule has 0 fully saturated rings. The Kier molecular flexibility index (Phi) is 8.28. The Morgan fingerprint density at radius 1 is 1.18 bits per heavy atom. The molecule has 34 heavy (non-hydrogen) atoms. The number of hydrogen-bond donors (Lipinski definition) is 1. The number of anilines is 1. The molecule has 0 unspecified atom stereocenters. The fourth-order valence-corrected chi connectivity index (χ4v) is 5.77. The van der Waals surface area contributed by atoms with Crippen LogP contribution in [0.25, 0.3) is 21.5 Å². The summed E-state index contributed by atoms with van der Waals surface area (Å²) >= 11 is 4.10. The van der Waals surface area contributed by atoms with Gasteiger partial charge in [-0.25, -0.2) is 4.98 Å². The zero-order valence-electron chi connectivity index (χ0n) is 18.8. The second-order valence-corrected chi connectivity index (χ2v) is 10.3. The van der Waals surface area contributed by atoms with E-state index in [4.69, 9.17) is 4.74 Å². The molecule has 0 aliphatic heterocycles. The zero-order valence-corrected chi connectivity index (χ0v) is 21.3. The fourth-order valence-electron chi connectivity index (χ4n) is 3.26. The molecule has 0 radical (unpaired) electrons. The van der Waals surface area contributed by atoms with E-state index >= 15 is 0 Å². The molecule has 4 rings (SSSR count). The first kappa shape index (κ1) is 24.3. The van der Waals surface area contributed by atoms with Gasteiger partial charge in [-0.15, -0.1) is 23.1 Å². The quantitative estimate of drug-likeness (QED) is 0.355. The van der Waals surface area contributed by atoms with E-state index < -0.39 is 0 Å². The van der Waals surface area contributed by atoms with Crippen molar-refractivity contribution in [3.63, 3.8) is 0 Å². The van der Waals surface area contributed by atoms with E-state index in [0.717, 1.165) is 27.0 Å². The molecule has 2 heterocycles. The molecule has 2 amide bonds. The first-order chi connectivity index (χ1) is 16.5. The van der Waals surface area contributed by atoms with E-state index in [9.17, 15) is 9.59 Å². The number of benzene rings is 2. The van der Waals surface area contributed by atoms with Crippen molar-refractivity contribution in [3.05, 3.63) is 64.3 Å². The molecular weight excluding hydrogens is 488 g/mol. The third kappa shape index (κ3) is 6.20. The number of nitrogens with one attached hydrogen (secondary N) is 1. The molecule has 0 saturated heterocycles. The zero-order chi connectivity index (χ0) is 23.9. The first-order valence-corrected chi connectivity index (χ1v) is 13.4.